The average molecular weight is 332 g/mol. The first-order valence-electron chi connectivity index (χ1n) is 9.02. The molecule has 2 saturated heterocycles. The molecular weight excluding hydrogens is 304 g/mol. The van der Waals surface area contributed by atoms with E-state index in [1.807, 2.05) is 23.1 Å². The van der Waals surface area contributed by atoms with Gasteiger partial charge in [0.15, 0.2) is 0 Å². The topological polar surface area (TPSA) is 53.0 Å². The second kappa shape index (κ2) is 7.53. The lowest BCUT2D eigenvalue weighted by Gasteiger charge is -2.24. The summed E-state index contributed by atoms with van der Waals surface area (Å²) in [4.78, 5) is 17.2. The van der Waals surface area contributed by atoms with Crippen molar-refractivity contribution < 1.29 is 14.6 Å². The van der Waals surface area contributed by atoms with Crippen LogP contribution in [0.5, 0.6) is 5.75 Å². The molecule has 1 aromatic carbocycles. The number of rotatable bonds is 7. The number of aliphatic hydroxyl groups is 1. The fourth-order valence-corrected chi connectivity index (χ4v) is 4.02. The first-order chi connectivity index (χ1) is 11.7. The van der Waals surface area contributed by atoms with Gasteiger partial charge in [-0.2, -0.15) is 0 Å². The van der Waals surface area contributed by atoms with Crippen molar-refractivity contribution in [3.63, 3.8) is 0 Å². The molecule has 0 saturated carbocycles. The summed E-state index contributed by atoms with van der Waals surface area (Å²) in [7, 11) is 0. The molecule has 0 radical (unpaired) electrons. The smallest absolute Gasteiger partial charge is 0.230 e. The number of amides is 1. The molecule has 2 fully saturated rings. The minimum absolute atomic E-state index is 0.0168. The maximum Gasteiger partial charge on any atom is 0.230 e. The van der Waals surface area contributed by atoms with Gasteiger partial charge in [-0.3, -0.25) is 9.69 Å². The third kappa shape index (κ3) is 3.42. The highest BCUT2D eigenvalue weighted by atomic mass is 16.5. The predicted octanol–water partition coefficient (Wildman–Crippen LogP) is 1.89. The number of carbonyl (C=O) groups excluding carboxylic acids is 1. The number of aliphatic hydroxyl groups excluding tert-OH is 1. The van der Waals surface area contributed by atoms with Gasteiger partial charge in [-0.15, -0.1) is 0 Å². The Morgan fingerprint density at radius 2 is 2.04 bits per heavy atom. The highest BCUT2D eigenvalue weighted by Gasteiger charge is 2.50. The van der Waals surface area contributed by atoms with Crippen molar-refractivity contribution in [3.05, 3.63) is 29.8 Å². The Bertz CT molecular complexity index is 577. The number of para-hydroxylation sites is 1. The van der Waals surface area contributed by atoms with E-state index in [1.165, 1.54) is 0 Å². The molecule has 1 amide bonds. The predicted molar refractivity (Wildman–Crippen MR) is 92.8 cm³/mol. The SMILES string of the molecule is CCCN1CCC2(CCN(Cc3ccccc3OCCO)C2)C1=O. The Morgan fingerprint density at radius 3 is 2.83 bits per heavy atom. The van der Waals surface area contributed by atoms with Gasteiger partial charge in [0.25, 0.3) is 0 Å². The molecule has 2 heterocycles. The van der Waals surface area contributed by atoms with E-state index in [2.05, 4.69) is 17.9 Å². The summed E-state index contributed by atoms with van der Waals surface area (Å²) in [5, 5.41) is 8.96. The van der Waals surface area contributed by atoms with Crippen molar-refractivity contribution in [2.45, 2.75) is 32.7 Å². The van der Waals surface area contributed by atoms with Gasteiger partial charge in [0, 0.05) is 31.7 Å². The van der Waals surface area contributed by atoms with E-state index in [-0.39, 0.29) is 12.0 Å². The van der Waals surface area contributed by atoms with Crippen molar-refractivity contribution in [3.8, 4) is 5.75 Å². The normalized spacial score (nSPS) is 24.2. The van der Waals surface area contributed by atoms with Crippen molar-refractivity contribution in [1.29, 1.82) is 0 Å². The zero-order chi connectivity index (χ0) is 17.0. The Labute approximate surface area is 144 Å². The van der Waals surface area contributed by atoms with E-state index >= 15 is 0 Å². The second-order valence-corrected chi connectivity index (χ2v) is 6.96. The van der Waals surface area contributed by atoms with Gasteiger partial charge in [0.05, 0.1) is 12.0 Å². The largest absolute Gasteiger partial charge is 0.491 e. The van der Waals surface area contributed by atoms with E-state index in [1.54, 1.807) is 0 Å². The molecule has 0 aromatic heterocycles. The third-order valence-corrected chi connectivity index (χ3v) is 5.24. The van der Waals surface area contributed by atoms with E-state index < -0.39 is 0 Å². The van der Waals surface area contributed by atoms with Crippen molar-refractivity contribution in [2.24, 2.45) is 5.41 Å². The molecule has 1 atom stereocenters. The van der Waals surface area contributed by atoms with Crippen LogP contribution in [0.15, 0.2) is 24.3 Å². The molecule has 132 valence electrons. The van der Waals surface area contributed by atoms with Crippen LogP contribution in [0.2, 0.25) is 0 Å². The van der Waals surface area contributed by atoms with Gasteiger partial charge in [0.1, 0.15) is 12.4 Å². The molecule has 3 rings (SSSR count). The van der Waals surface area contributed by atoms with Gasteiger partial charge in [-0.05, 0) is 31.9 Å². The number of ether oxygens (including phenoxy) is 1. The molecule has 1 aromatic rings. The van der Waals surface area contributed by atoms with Gasteiger partial charge in [-0.1, -0.05) is 25.1 Å². The van der Waals surface area contributed by atoms with Gasteiger partial charge in [0.2, 0.25) is 5.91 Å². The summed E-state index contributed by atoms with van der Waals surface area (Å²) in [6.45, 7) is 6.86. The minimum atomic E-state index is -0.157. The van der Waals surface area contributed by atoms with E-state index in [9.17, 15) is 4.79 Å². The Morgan fingerprint density at radius 1 is 1.25 bits per heavy atom. The number of hydrogen-bond acceptors (Lipinski definition) is 4. The van der Waals surface area contributed by atoms with Crippen LogP contribution in [0.4, 0.5) is 0 Å². The fourth-order valence-electron chi connectivity index (χ4n) is 4.02. The van der Waals surface area contributed by atoms with E-state index in [4.69, 9.17) is 9.84 Å². The van der Waals surface area contributed by atoms with Gasteiger partial charge in [-0.25, -0.2) is 0 Å². The molecular formula is C19H28N2O3. The lowest BCUT2D eigenvalue weighted by atomic mass is 9.85. The first kappa shape index (κ1) is 17.2. The maximum absolute atomic E-state index is 12.8. The summed E-state index contributed by atoms with van der Waals surface area (Å²) < 4.78 is 5.63. The highest BCUT2D eigenvalue weighted by molar-refractivity contribution is 5.85. The van der Waals surface area contributed by atoms with Gasteiger partial charge >= 0.3 is 0 Å². The van der Waals surface area contributed by atoms with Crippen molar-refractivity contribution in [2.75, 3.05) is 39.4 Å². The van der Waals surface area contributed by atoms with Gasteiger partial charge < -0.3 is 14.7 Å². The molecule has 0 bridgehead atoms. The lowest BCUT2D eigenvalue weighted by molar-refractivity contribution is -0.135. The van der Waals surface area contributed by atoms with Crippen LogP contribution in [0.1, 0.15) is 31.7 Å². The summed E-state index contributed by atoms with van der Waals surface area (Å²) in [5.74, 6) is 1.19. The summed E-state index contributed by atoms with van der Waals surface area (Å²) in [6, 6.07) is 7.97. The van der Waals surface area contributed by atoms with E-state index in [0.717, 1.165) is 63.3 Å². The molecule has 1 unspecified atom stereocenters. The standard InChI is InChI=1S/C19H28N2O3/c1-2-9-21-11-8-19(18(21)23)7-10-20(15-19)14-16-5-3-4-6-17(16)24-13-12-22/h3-6,22H,2,7-15H2,1H3. The number of hydrogen-bond donors (Lipinski definition) is 1. The van der Waals surface area contributed by atoms with Crippen LogP contribution in [-0.4, -0.2) is 60.2 Å². The molecule has 5 heteroatoms. The Balaban J connectivity index is 1.64. The average Bonchev–Trinajstić information content (AvgIpc) is 3.14. The number of carbonyl (C=O) groups is 1. The molecule has 2 aliphatic heterocycles. The van der Waals surface area contributed by atoms with Crippen LogP contribution < -0.4 is 4.74 Å². The molecule has 0 aliphatic carbocycles. The molecule has 1 spiro atoms. The second-order valence-electron chi connectivity index (χ2n) is 6.96. The van der Waals surface area contributed by atoms with E-state index in [0.29, 0.717) is 12.5 Å². The first-order valence-corrected chi connectivity index (χ1v) is 9.02. The fraction of sp³-hybridized carbons (Fsp3) is 0.632. The zero-order valence-corrected chi connectivity index (χ0v) is 14.5. The highest BCUT2D eigenvalue weighted by Crippen LogP contribution is 2.41. The Hall–Kier alpha value is -1.59. The number of nitrogens with zero attached hydrogens (tertiary/aromatic N) is 2. The molecule has 1 N–H and O–H groups in total. The lowest BCUT2D eigenvalue weighted by Crippen LogP contribution is -2.37. The quantitative estimate of drug-likeness (QED) is 0.828. The van der Waals surface area contributed by atoms with Crippen molar-refractivity contribution >= 4 is 5.91 Å². The number of benzene rings is 1. The van der Waals surface area contributed by atoms with Crippen LogP contribution in [-0.2, 0) is 11.3 Å². The maximum atomic E-state index is 12.8. The monoisotopic (exact) mass is 332 g/mol. The van der Waals surface area contributed by atoms with Crippen LogP contribution in [0.3, 0.4) is 0 Å². The summed E-state index contributed by atoms with van der Waals surface area (Å²) in [5.41, 5.74) is 0.967. The molecule has 5 nitrogen and oxygen atoms in total. The van der Waals surface area contributed by atoms with Crippen molar-refractivity contribution in [1.82, 2.24) is 9.80 Å². The minimum Gasteiger partial charge on any atom is -0.491 e. The molecule has 24 heavy (non-hydrogen) atoms. The number of likely N-dealkylation sites (tertiary alicyclic amines) is 2. The zero-order valence-electron chi connectivity index (χ0n) is 14.5. The van der Waals surface area contributed by atoms with Crippen LogP contribution in [0, 0.1) is 5.41 Å². The Kier molecular flexibility index (Phi) is 5.41. The third-order valence-electron chi connectivity index (χ3n) is 5.24. The van der Waals surface area contributed by atoms with Crippen LogP contribution >= 0.6 is 0 Å². The molecule has 2 aliphatic rings. The summed E-state index contributed by atoms with van der Waals surface area (Å²) in [6.07, 6.45) is 2.98. The van der Waals surface area contributed by atoms with Crippen LogP contribution in [0.25, 0.3) is 0 Å². The summed E-state index contributed by atoms with van der Waals surface area (Å²) >= 11 is 0.